The third-order valence-corrected chi connectivity index (χ3v) is 7.00. The van der Waals surface area contributed by atoms with Crippen LogP contribution >= 0.6 is 0 Å². The van der Waals surface area contributed by atoms with Crippen LogP contribution in [0, 0.1) is 0 Å². The monoisotopic (exact) mass is 450 g/mol. The second-order valence-electron chi connectivity index (χ2n) is 8.40. The quantitative estimate of drug-likeness (QED) is 0.519. The van der Waals surface area contributed by atoms with Crippen molar-refractivity contribution in [2.24, 2.45) is 0 Å². The lowest BCUT2D eigenvalue weighted by molar-refractivity contribution is -0.121. The number of hydrogen-bond donors (Lipinski definition) is 1. The lowest BCUT2D eigenvalue weighted by Gasteiger charge is -2.30. The summed E-state index contributed by atoms with van der Waals surface area (Å²) in [7, 11) is -3.92. The average molecular weight is 451 g/mol. The molecule has 1 amide bonds. The van der Waals surface area contributed by atoms with Crippen LogP contribution in [0.1, 0.15) is 31.9 Å². The number of hydrogen-bond acceptors (Lipinski definition) is 3. The fraction of sp³-hybridized carbons (Fsp3) is 0.269. The van der Waals surface area contributed by atoms with Gasteiger partial charge in [-0.3, -0.25) is 9.10 Å². The number of nitrogens with zero attached hydrogens (tertiary/aromatic N) is 1. The molecule has 32 heavy (non-hydrogen) atoms. The second-order valence-corrected chi connectivity index (χ2v) is 10.3. The topological polar surface area (TPSA) is 66.5 Å². The molecule has 3 aromatic carbocycles. The minimum absolute atomic E-state index is 0.155. The van der Waals surface area contributed by atoms with E-state index in [2.05, 4.69) is 5.32 Å². The van der Waals surface area contributed by atoms with Crippen LogP contribution in [0.3, 0.4) is 0 Å². The van der Waals surface area contributed by atoms with Gasteiger partial charge in [0.05, 0.1) is 10.6 Å². The van der Waals surface area contributed by atoms with Gasteiger partial charge in [-0.25, -0.2) is 8.42 Å². The highest BCUT2D eigenvalue weighted by molar-refractivity contribution is 7.92. The van der Waals surface area contributed by atoms with Crippen LogP contribution in [0.4, 0.5) is 5.69 Å². The van der Waals surface area contributed by atoms with Crippen LogP contribution in [0.5, 0.6) is 0 Å². The highest BCUT2D eigenvalue weighted by atomic mass is 32.2. The van der Waals surface area contributed by atoms with Gasteiger partial charge in [-0.05, 0) is 56.0 Å². The van der Waals surface area contributed by atoms with Crippen LogP contribution in [-0.4, -0.2) is 26.4 Å². The minimum atomic E-state index is -3.92. The largest absolute Gasteiger partial charge is 0.349 e. The zero-order chi connectivity index (χ0) is 23.2. The SMILES string of the molecule is CCc1ccccc1N(CC(=O)NC(C)(C)Cc1ccccc1)S(=O)(=O)c1ccccc1. The highest BCUT2D eigenvalue weighted by Crippen LogP contribution is 2.27. The number of sulfonamides is 1. The minimum Gasteiger partial charge on any atom is -0.349 e. The molecule has 0 aromatic heterocycles. The smallest absolute Gasteiger partial charge is 0.264 e. The highest BCUT2D eigenvalue weighted by Gasteiger charge is 2.30. The summed E-state index contributed by atoms with van der Waals surface area (Å²) in [6, 6.07) is 25.4. The predicted octanol–water partition coefficient (Wildman–Crippen LogP) is 4.58. The molecule has 6 heteroatoms. The summed E-state index contributed by atoms with van der Waals surface area (Å²) < 4.78 is 28.3. The lowest BCUT2D eigenvalue weighted by Crippen LogP contribution is -2.50. The third kappa shape index (κ3) is 5.77. The fourth-order valence-corrected chi connectivity index (χ4v) is 5.25. The summed E-state index contributed by atoms with van der Waals surface area (Å²) in [5.41, 5.74) is 1.95. The van der Waals surface area contributed by atoms with E-state index in [-0.39, 0.29) is 17.3 Å². The Morgan fingerprint density at radius 1 is 0.875 bits per heavy atom. The van der Waals surface area contributed by atoms with Gasteiger partial charge >= 0.3 is 0 Å². The summed E-state index contributed by atoms with van der Waals surface area (Å²) in [5.74, 6) is -0.351. The Kier molecular flexibility index (Phi) is 7.36. The van der Waals surface area contributed by atoms with Gasteiger partial charge in [-0.1, -0.05) is 73.7 Å². The molecule has 168 valence electrons. The molecule has 0 saturated heterocycles. The van der Waals surface area contributed by atoms with Crippen molar-refractivity contribution >= 4 is 21.6 Å². The van der Waals surface area contributed by atoms with Gasteiger partial charge in [-0.2, -0.15) is 0 Å². The summed E-state index contributed by atoms with van der Waals surface area (Å²) >= 11 is 0. The van der Waals surface area contributed by atoms with E-state index in [1.807, 2.05) is 63.2 Å². The predicted molar refractivity (Wildman–Crippen MR) is 129 cm³/mol. The molecule has 0 atom stereocenters. The number of benzene rings is 3. The third-order valence-electron chi connectivity index (χ3n) is 5.23. The first-order valence-corrected chi connectivity index (χ1v) is 12.2. The van der Waals surface area contributed by atoms with Crippen LogP contribution in [0.2, 0.25) is 0 Å². The molecule has 0 fully saturated rings. The number of nitrogens with one attached hydrogen (secondary N) is 1. The van der Waals surface area contributed by atoms with Crippen LogP contribution in [0.15, 0.2) is 89.8 Å². The van der Waals surface area contributed by atoms with Gasteiger partial charge in [0.25, 0.3) is 10.0 Å². The van der Waals surface area contributed by atoms with Gasteiger partial charge in [0.2, 0.25) is 5.91 Å². The van der Waals surface area contributed by atoms with Crippen molar-refractivity contribution in [3.05, 3.63) is 96.1 Å². The van der Waals surface area contributed by atoms with E-state index in [1.165, 1.54) is 4.31 Å². The van der Waals surface area contributed by atoms with Crippen LogP contribution in [0.25, 0.3) is 0 Å². The summed E-state index contributed by atoms with van der Waals surface area (Å²) in [6.45, 7) is 5.55. The summed E-state index contributed by atoms with van der Waals surface area (Å²) in [6.07, 6.45) is 1.29. The van der Waals surface area contributed by atoms with Gasteiger partial charge in [0.15, 0.2) is 0 Å². The van der Waals surface area contributed by atoms with Crippen molar-refractivity contribution in [1.82, 2.24) is 5.32 Å². The van der Waals surface area contributed by atoms with Gasteiger partial charge in [-0.15, -0.1) is 0 Å². The molecule has 0 bridgehead atoms. The van der Waals surface area contributed by atoms with Crippen molar-refractivity contribution in [1.29, 1.82) is 0 Å². The maximum absolute atomic E-state index is 13.5. The van der Waals surface area contributed by atoms with E-state index in [0.29, 0.717) is 18.5 Å². The summed E-state index contributed by atoms with van der Waals surface area (Å²) in [5, 5.41) is 3.02. The summed E-state index contributed by atoms with van der Waals surface area (Å²) in [4.78, 5) is 13.2. The number of carbonyl (C=O) groups excluding carboxylic acids is 1. The maximum Gasteiger partial charge on any atom is 0.264 e. The molecule has 0 saturated carbocycles. The van der Waals surface area contributed by atoms with E-state index in [0.717, 1.165) is 11.1 Å². The van der Waals surface area contributed by atoms with Crippen molar-refractivity contribution in [3.8, 4) is 0 Å². The van der Waals surface area contributed by atoms with Crippen LogP contribution in [-0.2, 0) is 27.7 Å². The molecule has 0 aliphatic carbocycles. The van der Waals surface area contributed by atoms with Crippen molar-refractivity contribution < 1.29 is 13.2 Å². The normalized spacial score (nSPS) is 11.7. The van der Waals surface area contributed by atoms with Gasteiger partial charge in [0, 0.05) is 5.54 Å². The zero-order valence-electron chi connectivity index (χ0n) is 18.8. The molecule has 0 aliphatic rings. The number of carbonyl (C=O) groups is 1. The first-order valence-electron chi connectivity index (χ1n) is 10.7. The lowest BCUT2D eigenvalue weighted by atomic mass is 9.95. The van der Waals surface area contributed by atoms with E-state index in [4.69, 9.17) is 0 Å². The molecule has 0 spiro atoms. The Balaban J connectivity index is 1.90. The van der Waals surface area contributed by atoms with E-state index < -0.39 is 15.6 Å². The number of aryl methyl sites for hydroxylation is 1. The van der Waals surface area contributed by atoms with Gasteiger partial charge < -0.3 is 5.32 Å². The molecule has 3 rings (SSSR count). The van der Waals surface area contributed by atoms with Gasteiger partial charge in [0.1, 0.15) is 6.54 Å². The molecule has 3 aromatic rings. The first-order chi connectivity index (χ1) is 15.2. The maximum atomic E-state index is 13.5. The van der Waals surface area contributed by atoms with Crippen molar-refractivity contribution in [3.63, 3.8) is 0 Å². The van der Waals surface area contributed by atoms with Crippen LogP contribution < -0.4 is 9.62 Å². The Morgan fingerprint density at radius 3 is 2.06 bits per heavy atom. The number of rotatable bonds is 9. The second kappa shape index (κ2) is 10.0. The Bertz CT molecular complexity index is 1140. The molecule has 0 radical (unpaired) electrons. The molecular weight excluding hydrogens is 420 g/mol. The zero-order valence-corrected chi connectivity index (χ0v) is 19.6. The van der Waals surface area contributed by atoms with E-state index in [9.17, 15) is 13.2 Å². The van der Waals surface area contributed by atoms with E-state index >= 15 is 0 Å². The molecular formula is C26H30N2O3S. The molecule has 0 heterocycles. The molecule has 0 unspecified atom stereocenters. The fourth-order valence-electron chi connectivity index (χ4n) is 3.77. The average Bonchev–Trinajstić information content (AvgIpc) is 2.78. The standard InChI is InChI=1S/C26H30N2O3S/c1-4-22-15-11-12-18-24(22)28(32(30,31)23-16-9-6-10-17-23)20-25(29)27-26(2,3)19-21-13-7-5-8-14-21/h5-18H,4,19-20H2,1-3H3,(H,27,29). The Morgan fingerprint density at radius 2 is 1.44 bits per heavy atom. The molecule has 0 aliphatic heterocycles. The Labute approximate surface area is 191 Å². The Hall–Kier alpha value is -3.12. The number of anilines is 1. The van der Waals surface area contributed by atoms with Crippen molar-refractivity contribution in [2.75, 3.05) is 10.8 Å². The molecule has 1 N–H and O–H groups in total. The van der Waals surface area contributed by atoms with Crippen molar-refractivity contribution in [2.45, 2.75) is 44.0 Å². The number of amides is 1. The number of para-hydroxylation sites is 1. The molecule has 5 nitrogen and oxygen atoms in total. The first kappa shape index (κ1) is 23.5. The van der Waals surface area contributed by atoms with E-state index in [1.54, 1.807) is 42.5 Å².